The fraction of sp³-hybridized carbons (Fsp3) is 1.00. The normalized spacial score (nSPS) is 29.1. The molecule has 19 heavy (non-hydrogen) atoms. The van der Waals surface area contributed by atoms with Crippen LogP contribution in [-0.2, 0) is 9.57 Å². The predicted octanol–water partition coefficient (Wildman–Crippen LogP) is 2.61. The van der Waals surface area contributed by atoms with Crippen molar-refractivity contribution in [2.45, 2.75) is 65.0 Å². The summed E-state index contributed by atoms with van der Waals surface area (Å²) in [7, 11) is 0. The molecule has 1 aliphatic rings. The third-order valence-corrected chi connectivity index (χ3v) is 4.21. The highest BCUT2D eigenvalue weighted by atomic mass is 16.7. The molecule has 4 nitrogen and oxygen atoms in total. The van der Waals surface area contributed by atoms with Gasteiger partial charge in [-0.05, 0) is 32.1 Å². The maximum Gasteiger partial charge on any atom is 0.0916 e. The predicted molar refractivity (Wildman–Crippen MR) is 76.9 cm³/mol. The van der Waals surface area contributed by atoms with Crippen LogP contribution >= 0.6 is 0 Å². The van der Waals surface area contributed by atoms with Gasteiger partial charge in [0.05, 0.1) is 24.9 Å². The summed E-state index contributed by atoms with van der Waals surface area (Å²) in [4.78, 5) is 5.84. The van der Waals surface area contributed by atoms with Gasteiger partial charge in [-0.3, -0.25) is 4.84 Å². The number of ether oxygens (including phenoxy) is 1. The highest BCUT2D eigenvalue weighted by molar-refractivity contribution is 5.00. The molecule has 0 aliphatic carbocycles. The van der Waals surface area contributed by atoms with Crippen molar-refractivity contribution in [3.63, 3.8) is 0 Å². The molecule has 0 aromatic rings. The zero-order chi connectivity index (χ0) is 14.3. The maximum atomic E-state index is 9.02. The Morgan fingerprint density at radius 3 is 2.63 bits per heavy atom. The Kier molecular flexibility index (Phi) is 7.29. The van der Waals surface area contributed by atoms with Crippen LogP contribution in [-0.4, -0.2) is 48.2 Å². The second-order valence-corrected chi connectivity index (χ2v) is 5.64. The molecule has 1 heterocycles. The van der Waals surface area contributed by atoms with Gasteiger partial charge in [0.1, 0.15) is 0 Å². The van der Waals surface area contributed by atoms with E-state index < -0.39 is 0 Å². The molecule has 1 saturated heterocycles. The number of piperidine rings is 1. The lowest BCUT2D eigenvalue weighted by Crippen LogP contribution is -2.63. The van der Waals surface area contributed by atoms with Crippen LogP contribution in [0.2, 0.25) is 0 Å². The Balaban J connectivity index is 2.97. The third kappa shape index (κ3) is 3.69. The molecule has 0 saturated carbocycles. The minimum atomic E-state index is -0.0574. The zero-order valence-corrected chi connectivity index (χ0v) is 13.0. The second kappa shape index (κ2) is 8.20. The molecule has 1 fully saturated rings. The summed E-state index contributed by atoms with van der Waals surface area (Å²) in [6.07, 6.45) is 4.60. The van der Waals surface area contributed by atoms with Gasteiger partial charge >= 0.3 is 0 Å². The molecule has 0 amide bonds. The minimum Gasteiger partial charge on any atom is -0.394 e. The molecule has 1 rings (SSSR count). The average molecular weight is 273 g/mol. The van der Waals surface area contributed by atoms with E-state index in [9.17, 15) is 0 Å². The molecule has 114 valence electrons. The molecule has 0 spiro atoms. The number of nitrogens with zero attached hydrogens (tertiary/aromatic N) is 1. The first-order chi connectivity index (χ1) is 9.13. The van der Waals surface area contributed by atoms with Gasteiger partial charge in [0.15, 0.2) is 0 Å². The van der Waals surface area contributed by atoms with Crippen molar-refractivity contribution in [3.05, 3.63) is 0 Å². The van der Waals surface area contributed by atoms with E-state index in [0.29, 0.717) is 12.5 Å². The Labute approximate surface area is 118 Å². The van der Waals surface area contributed by atoms with Gasteiger partial charge < -0.3 is 9.84 Å². The van der Waals surface area contributed by atoms with E-state index in [2.05, 4.69) is 32.8 Å². The lowest BCUT2D eigenvalue weighted by molar-refractivity contribution is -0.286. The number of hydrogen-bond donors (Lipinski definition) is 1. The van der Waals surface area contributed by atoms with Gasteiger partial charge in [0.25, 0.3) is 0 Å². The molecular weight excluding hydrogens is 242 g/mol. The Bertz CT molecular complexity index is 246. The molecular formula is C15H31NO3. The number of aliphatic hydroxyl groups is 1. The van der Waals surface area contributed by atoms with E-state index >= 15 is 0 Å². The highest BCUT2D eigenvalue weighted by Crippen LogP contribution is 2.40. The minimum absolute atomic E-state index is 0.0574. The summed E-state index contributed by atoms with van der Waals surface area (Å²) >= 11 is 0. The van der Waals surface area contributed by atoms with Crippen LogP contribution in [0.3, 0.4) is 0 Å². The first-order valence-electron chi connectivity index (χ1n) is 7.76. The number of hydrogen-bond acceptors (Lipinski definition) is 4. The van der Waals surface area contributed by atoms with E-state index in [0.717, 1.165) is 38.8 Å². The SMILES string of the molecule is CCCC1(C(C)C)C(OCC)CCCN1OCCO. The summed E-state index contributed by atoms with van der Waals surface area (Å²) in [6.45, 7) is 10.9. The lowest BCUT2D eigenvalue weighted by Gasteiger charge is -2.53. The molecule has 4 heteroatoms. The molecule has 0 aromatic heterocycles. The van der Waals surface area contributed by atoms with Crippen molar-refractivity contribution in [2.24, 2.45) is 5.92 Å². The van der Waals surface area contributed by atoms with Crippen molar-refractivity contribution >= 4 is 0 Å². The number of rotatable bonds is 8. The summed E-state index contributed by atoms with van der Waals surface area (Å²) in [5.74, 6) is 0.461. The van der Waals surface area contributed by atoms with Gasteiger partial charge in [0, 0.05) is 13.2 Å². The first-order valence-corrected chi connectivity index (χ1v) is 7.76. The summed E-state index contributed by atoms with van der Waals surface area (Å²) in [6, 6.07) is 0. The lowest BCUT2D eigenvalue weighted by atomic mass is 9.73. The van der Waals surface area contributed by atoms with E-state index in [-0.39, 0.29) is 18.2 Å². The summed E-state index contributed by atoms with van der Waals surface area (Å²) in [5, 5.41) is 11.1. The van der Waals surface area contributed by atoms with Gasteiger partial charge in [0.2, 0.25) is 0 Å². The van der Waals surface area contributed by atoms with Crippen LogP contribution in [0.1, 0.15) is 53.4 Å². The fourth-order valence-electron chi connectivity index (χ4n) is 3.44. The van der Waals surface area contributed by atoms with Crippen LogP contribution in [0.5, 0.6) is 0 Å². The molecule has 0 radical (unpaired) electrons. The molecule has 2 atom stereocenters. The van der Waals surface area contributed by atoms with Gasteiger partial charge in [-0.2, -0.15) is 5.06 Å². The molecule has 1 N–H and O–H groups in total. The van der Waals surface area contributed by atoms with Gasteiger partial charge in [-0.15, -0.1) is 0 Å². The smallest absolute Gasteiger partial charge is 0.0916 e. The number of aliphatic hydroxyl groups excluding tert-OH is 1. The van der Waals surface area contributed by atoms with Crippen molar-refractivity contribution in [2.75, 3.05) is 26.4 Å². The van der Waals surface area contributed by atoms with Gasteiger partial charge in [-0.25, -0.2) is 0 Å². The first kappa shape index (κ1) is 16.9. The Morgan fingerprint density at radius 1 is 1.37 bits per heavy atom. The summed E-state index contributed by atoms with van der Waals surface area (Å²) < 4.78 is 6.04. The van der Waals surface area contributed by atoms with Crippen LogP contribution in [0, 0.1) is 5.92 Å². The summed E-state index contributed by atoms with van der Waals surface area (Å²) in [5.41, 5.74) is -0.0574. The molecule has 1 aliphatic heterocycles. The van der Waals surface area contributed by atoms with E-state index in [4.69, 9.17) is 14.7 Å². The average Bonchev–Trinajstić information content (AvgIpc) is 2.39. The van der Waals surface area contributed by atoms with E-state index in [1.54, 1.807) is 0 Å². The van der Waals surface area contributed by atoms with Crippen LogP contribution in [0.25, 0.3) is 0 Å². The van der Waals surface area contributed by atoms with Gasteiger partial charge in [-0.1, -0.05) is 27.2 Å². The van der Waals surface area contributed by atoms with Crippen molar-refractivity contribution in [1.82, 2.24) is 5.06 Å². The van der Waals surface area contributed by atoms with Crippen molar-refractivity contribution < 1.29 is 14.7 Å². The standard InChI is InChI=1S/C15H31NO3/c1-5-9-15(13(3)4)14(18-6-2)8-7-10-16(15)19-12-11-17/h13-14,17H,5-12H2,1-4H3. The highest BCUT2D eigenvalue weighted by Gasteiger charge is 2.49. The Hall–Kier alpha value is -0.160. The number of hydroxylamine groups is 2. The molecule has 0 aromatic carbocycles. The van der Waals surface area contributed by atoms with Crippen LogP contribution in [0.15, 0.2) is 0 Å². The molecule has 2 unspecified atom stereocenters. The largest absolute Gasteiger partial charge is 0.394 e. The van der Waals surface area contributed by atoms with Crippen molar-refractivity contribution in [3.8, 4) is 0 Å². The topological polar surface area (TPSA) is 41.9 Å². The Morgan fingerprint density at radius 2 is 2.11 bits per heavy atom. The van der Waals surface area contributed by atoms with Crippen molar-refractivity contribution in [1.29, 1.82) is 0 Å². The third-order valence-electron chi connectivity index (χ3n) is 4.21. The van der Waals surface area contributed by atoms with Crippen LogP contribution < -0.4 is 0 Å². The fourth-order valence-corrected chi connectivity index (χ4v) is 3.44. The van der Waals surface area contributed by atoms with E-state index in [1.165, 1.54) is 0 Å². The monoisotopic (exact) mass is 273 g/mol. The zero-order valence-electron chi connectivity index (χ0n) is 13.0. The molecule has 0 bridgehead atoms. The van der Waals surface area contributed by atoms with E-state index in [1.807, 2.05) is 0 Å². The van der Waals surface area contributed by atoms with Crippen LogP contribution in [0.4, 0.5) is 0 Å². The quantitative estimate of drug-likeness (QED) is 0.738. The second-order valence-electron chi connectivity index (χ2n) is 5.64. The maximum absolute atomic E-state index is 9.02.